The number of rotatable bonds is 3. The van der Waals surface area contributed by atoms with Crippen molar-refractivity contribution >= 4 is 16.7 Å². The molecule has 124 valence electrons. The highest BCUT2D eigenvalue weighted by Gasteiger charge is 2.15. The van der Waals surface area contributed by atoms with Crippen molar-refractivity contribution in [3.63, 3.8) is 0 Å². The number of piperidine rings is 1. The largest absolute Gasteiger partial charge is 0.367 e. The number of nitriles is 1. The van der Waals surface area contributed by atoms with Crippen molar-refractivity contribution in [3.05, 3.63) is 54.4 Å². The lowest BCUT2D eigenvalue weighted by molar-refractivity contribution is 0.478. The molecule has 25 heavy (non-hydrogen) atoms. The molecular formula is C20H19N5. The standard InChI is InChI=1S/C20H19N5/c21-12-14-2-1-3-15(10-14)16-4-5-19-18(11-16)20(24-13-23-19)25-17-6-8-22-9-7-17/h1-5,10-11,13,17,22H,6-9H2,(H,23,24,25). The smallest absolute Gasteiger partial charge is 0.137 e. The molecule has 2 aromatic carbocycles. The topological polar surface area (TPSA) is 73.6 Å². The maximum Gasteiger partial charge on any atom is 0.137 e. The molecule has 1 aromatic heterocycles. The number of benzene rings is 2. The zero-order valence-electron chi connectivity index (χ0n) is 13.9. The lowest BCUT2D eigenvalue weighted by Gasteiger charge is -2.24. The molecule has 5 nitrogen and oxygen atoms in total. The van der Waals surface area contributed by atoms with E-state index in [1.54, 1.807) is 6.33 Å². The molecule has 0 spiro atoms. The van der Waals surface area contributed by atoms with Crippen molar-refractivity contribution in [2.75, 3.05) is 18.4 Å². The normalized spacial score (nSPS) is 15.0. The van der Waals surface area contributed by atoms with Gasteiger partial charge in [-0.2, -0.15) is 5.26 Å². The van der Waals surface area contributed by atoms with Gasteiger partial charge in [-0.3, -0.25) is 0 Å². The molecule has 3 aromatic rings. The maximum atomic E-state index is 9.12. The molecule has 5 heteroatoms. The number of anilines is 1. The van der Waals surface area contributed by atoms with Gasteiger partial charge in [0.1, 0.15) is 12.1 Å². The third kappa shape index (κ3) is 3.30. The fourth-order valence-corrected chi connectivity index (χ4v) is 3.28. The van der Waals surface area contributed by atoms with Gasteiger partial charge >= 0.3 is 0 Å². The summed E-state index contributed by atoms with van der Waals surface area (Å²) < 4.78 is 0. The van der Waals surface area contributed by atoms with Gasteiger partial charge in [-0.25, -0.2) is 9.97 Å². The van der Waals surface area contributed by atoms with Crippen molar-refractivity contribution in [2.24, 2.45) is 0 Å². The Labute approximate surface area is 146 Å². The fraction of sp³-hybridized carbons (Fsp3) is 0.250. The molecule has 0 radical (unpaired) electrons. The summed E-state index contributed by atoms with van der Waals surface area (Å²) in [6.45, 7) is 2.07. The number of aromatic nitrogens is 2. The highest BCUT2D eigenvalue weighted by Crippen LogP contribution is 2.28. The predicted octanol–water partition coefficient (Wildman–Crippen LogP) is 3.33. The molecular weight excluding hydrogens is 310 g/mol. The summed E-state index contributed by atoms with van der Waals surface area (Å²) in [5, 5.41) is 17.1. The summed E-state index contributed by atoms with van der Waals surface area (Å²) in [7, 11) is 0. The summed E-state index contributed by atoms with van der Waals surface area (Å²) in [6, 6.07) is 16.4. The van der Waals surface area contributed by atoms with Crippen LogP contribution in [0.5, 0.6) is 0 Å². The van der Waals surface area contributed by atoms with Gasteiger partial charge < -0.3 is 10.6 Å². The number of nitrogens with one attached hydrogen (secondary N) is 2. The Bertz CT molecular complexity index is 938. The Morgan fingerprint density at radius 3 is 2.72 bits per heavy atom. The Hall–Kier alpha value is -2.97. The van der Waals surface area contributed by atoms with Crippen LogP contribution in [0.3, 0.4) is 0 Å². The van der Waals surface area contributed by atoms with Crippen LogP contribution < -0.4 is 10.6 Å². The van der Waals surface area contributed by atoms with Crippen molar-refractivity contribution in [1.29, 1.82) is 5.26 Å². The zero-order valence-corrected chi connectivity index (χ0v) is 13.9. The van der Waals surface area contributed by atoms with Crippen LogP contribution in [0.4, 0.5) is 5.82 Å². The van der Waals surface area contributed by atoms with Crippen molar-refractivity contribution in [3.8, 4) is 17.2 Å². The first-order valence-corrected chi connectivity index (χ1v) is 8.56. The number of hydrogen-bond donors (Lipinski definition) is 2. The van der Waals surface area contributed by atoms with Crippen LogP contribution in [0.15, 0.2) is 48.8 Å². The first kappa shape index (κ1) is 15.6. The fourth-order valence-electron chi connectivity index (χ4n) is 3.28. The van der Waals surface area contributed by atoms with Gasteiger partial charge in [0, 0.05) is 11.4 Å². The molecule has 1 saturated heterocycles. The Morgan fingerprint density at radius 2 is 1.88 bits per heavy atom. The van der Waals surface area contributed by atoms with Gasteiger partial charge in [-0.1, -0.05) is 18.2 Å². The Balaban J connectivity index is 1.73. The highest BCUT2D eigenvalue weighted by molar-refractivity contribution is 5.92. The highest BCUT2D eigenvalue weighted by atomic mass is 15.1. The molecule has 1 aliphatic heterocycles. The minimum Gasteiger partial charge on any atom is -0.367 e. The number of nitrogens with zero attached hydrogens (tertiary/aromatic N) is 3. The second kappa shape index (κ2) is 6.88. The average molecular weight is 329 g/mol. The lowest BCUT2D eigenvalue weighted by Crippen LogP contribution is -2.35. The van der Waals surface area contributed by atoms with E-state index < -0.39 is 0 Å². The van der Waals surface area contributed by atoms with E-state index in [2.05, 4.69) is 32.7 Å². The van der Waals surface area contributed by atoms with Gasteiger partial charge in [0.15, 0.2) is 0 Å². The van der Waals surface area contributed by atoms with Crippen molar-refractivity contribution < 1.29 is 0 Å². The van der Waals surface area contributed by atoms with Crippen LogP contribution in [0.25, 0.3) is 22.0 Å². The summed E-state index contributed by atoms with van der Waals surface area (Å²) in [4.78, 5) is 8.86. The van der Waals surface area contributed by atoms with Crippen molar-refractivity contribution in [2.45, 2.75) is 18.9 Å². The summed E-state index contributed by atoms with van der Waals surface area (Å²) >= 11 is 0. The van der Waals surface area contributed by atoms with Gasteiger partial charge in [-0.05, 0) is 61.3 Å². The van der Waals surface area contributed by atoms with E-state index >= 15 is 0 Å². The van der Waals surface area contributed by atoms with E-state index in [9.17, 15) is 0 Å². The summed E-state index contributed by atoms with van der Waals surface area (Å²) in [5.41, 5.74) is 3.67. The molecule has 0 atom stereocenters. The van der Waals surface area contributed by atoms with E-state index in [4.69, 9.17) is 5.26 Å². The Kier molecular flexibility index (Phi) is 4.28. The van der Waals surface area contributed by atoms with Crippen molar-refractivity contribution in [1.82, 2.24) is 15.3 Å². The third-order valence-electron chi connectivity index (χ3n) is 4.64. The SMILES string of the molecule is N#Cc1cccc(-c2ccc3ncnc(NC4CCNCC4)c3c2)c1. The van der Waals surface area contributed by atoms with E-state index in [1.807, 2.05) is 36.4 Å². The summed E-state index contributed by atoms with van der Waals surface area (Å²) in [6.07, 6.45) is 3.80. The van der Waals surface area contributed by atoms with Gasteiger partial charge in [0.05, 0.1) is 17.1 Å². The minimum absolute atomic E-state index is 0.435. The van der Waals surface area contributed by atoms with E-state index in [-0.39, 0.29) is 0 Å². The second-order valence-electron chi connectivity index (χ2n) is 6.32. The average Bonchev–Trinajstić information content (AvgIpc) is 2.69. The maximum absolute atomic E-state index is 9.12. The molecule has 1 aliphatic rings. The minimum atomic E-state index is 0.435. The van der Waals surface area contributed by atoms with Crippen LogP contribution in [0, 0.1) is 11.3 Å². The van der Waals surface area contributed by atoms with E-state index in [0.29, 0.717) is 11.6 Å². The monoisotopic (exact) mass is 329 g/mol. The quantitative estimate of drug-likeness (QED) is 0.771. The van der Waals surface area contributed by atoms with E-state index in [0.717, 1.165) is 53.8 Å². The first-order chi connectivity index (χ1) is 12.3. The first-order valence-electron chi connectivity index (χ1n) is 8.56. The molecule has 0 amide bonds. The lowest BCUT2D eigenvalue weighted by atomic mass is 10.0. The van der Waals surface area contributed by atoms with Gasteiger partial charge in [0.25, 0.3) is 0 Å². The third-order valence-corrected chi connectivity index (χ3v) is 4.64. The van der Waals surface area contributed by atoms with E-state index in [1.165, 1.54) is 0 Å². The molecule has 0 unspecified atom stereocenters. The van der Waals surface area contributed by atoms with Crippen LogP contribution in [-0.4, -0.2) is 29.1 Å². The molecule has 2 heterocycles. The Morgan fingerprint density at radius 1 is 1.04 bits per heavy atom. The van der Waals surface area contributed by atoms with Crippen LogP contribution in [0.1, 0.15) is 18.4 Å². The molecule has 2 N–H and O–H groups in total. The van der Waals surface area contributed by atoms with Gasteiger partial charge in [0.2, 0.25) is 0 Å². The molecule has 0 aliphatic carbocycles. The molecule has 0 bridgehead atoms. The van der Waals surface area contributed by atoms with Crippen LogP contribution >= 0.6 is 0 Å². The molecule has 4 rings (SSSR count). The molecule has 0 saturated carbocycles. The summed E-state index contributed by atoms with van der Waals surface area (Å²) in [5.74, 6) is 0.884. The number of hydrogen-bond acceptors (Lipinski definition) is 5. The second-order valence-corrected chi connectivity index (χ2v) is 6.32. The van der Waals surface area contributed by atoms with Crippen LogP contribution in [0.2, 0.25) is 0 Å². The zero-order chi connectivity index (χ0) is 17.1. The van der Waals surface area contributed by atoms with Gasteiger partial charge in [-0.15, -0.1) is 0 Å². The molecule has 1 fully saturated rings. The van der Waals surface area contributed by atoms with Crippen LogP contribution in [-0.2, 0) is 0 Å². The predicted molar refractivity (Wildman–Crippen MR) is 99.2 cm³/mol. The number of fused-ring (bicyclic) bond motifs is 1.